The van der Waals surface area contributed by atoms with Gasteiger partial charge < -0.3 is 15.0 Å². The second-order valence-electron chi connectivity index (χ2n) is 7.77. The first-order valence-corrected chi connectivity index (χ1v) is 9.73. The van der Waals surface area contributed by atoms with Gasteiger partial charge in [0.2, 0.25) is 5.91 Å². The number of nitrogens with zero attached hydrogens (tertiary/aromatic N) is 1. The fraction of sp³-hybridized carbons (Fsp3) is 0.571. The average molecular weight is 372 g/mol. The van der Waals surface area contributed by atoms with E-state index in [1.807, 2.05) is 36.9 Å². The maximum atomic E-state index is 12.4. The Morgan fingerprint density at radius 3 is 2.59 bits per heavy atom. The molecule has 146 valence electrons. The Bertz CT molecular complexity index is 740. The van der Waals surface area contributed by atoms with Crippen molar-refractivity contribution in [1.82, 2.24) is 4.90 Å². The van der Waals surface area contributed by atoms with Crippen molar-refractivity contribution in [3.05, 3.63) is 29.3 Å². The molecule has 1 aliphatic carbocycles. The van der Waals surface area contributed by atoms with E-state index in [0.29, 0.717) is 12.2 Å². The number of anilines is 1. The zero-order valence-corrected chi connectivity index (χ0v) is 16.3. The van der Waals surface area contributed by atoms with E-state index < -0.39 is 18.0 Å². The van der Waals surface area contributed by atoms with Gasteiger partial charge in [0.1, 0.15) is 0 Å². The largest absolute Gasteiger partial charge is 0.452 e. The molecule has 27 heavy (non-hydrogen) atoms. The van der Waals surface area contributed by atoms with Crippen LogP contribution in [0.25, 0.3) is 0 Å². The van der Waals surface area contributed by atoms with E-state index in [2.05, 4.69) is 5.32 Å². The van der Waals surface area contributed by atoms with Gasteiger partial charge in [-0.2, -0.15) is 0 Å². The van der Waals surface area contributed by atoms with Crippen LogP contribution < -0.4 is 5.32 Å². The Labute approximate surface area is 160 Å². The summed E-state index contributed by atoms with van der Waals surface area (Å²) in [6.07, 6.45) is 3.58. The molecule has 0 bridgehead atoms. The lowest BCUT2D eigenvalue weighted by Gasteiger charge is -2.24. The van der Waals surface area contributed by atoms with Crippen molar-refractivity contribution in [3.8, 4) is 0 Å². The van der Waals surface area contributed by atoms with Gasteiger partial charge >= 0.3 is 5.97 Å². The minimum absolute atomic E-state index is 0.0243. The van der Waals surface area contributed by atoms with E-state index in [0.717, 1.165) is 36.8 Å². The molecule has 1 saturated heterocycles. The molecule has 3 rings (SSSR count). The Balaban J connectivity index is 1.54. The van der Waals surface area contributed by atoms with Gasteiger partial charge in [-0.3, -0.25) is 14.4 Å². The molecule has 6 nitrogen and oxygen atoms in total. The summed E-state index contributed by atoms with van der Waals surface area (Å²) in [6, 6.07) is 6.00. The topological polar surface area (TPSA) is 75.7 Å². The Hall–Kier alpha value is -2.37. The predicted molar refractivity (Wildman–Crippen MR) is 102 cm³/mol. The minimum Gasteiger partial charge on any atom is -0.452 e. The summed E-state index contributed by atoms with van der Waals surface area (Å²) in [6.45, 7) is 5.87. The molecule has 2 fully saturated rings. The molecule has 0 aromatic heterocycles. The number of esters is 1. The standard InChI is InChI=1S/C21H28N2O4/c1-13-8-9-18(14(2)10-13)22-20(25)15(3)27-21(26)16-11-19(24)23(12-16)17-6-4-5-7-17/h8-10,15-17H,4-7,11-12H2,1-3H3,(H,22,25)/t15-,16-/m0/s1. The molecule has 1 aromatic carbocycles. The minimum atomic E-state index is -0.908. The van der Waals surface area contributed by atoms with E-state index in [1.165, 1.54) is 0 Å². The Kier molecular flexibility index (Phi) is 5.82. The first-order chi connectivity index (χ1) is 12.8. The van der Waals surface area contributed by atoms with Crippen LogP contribution in [-0.2, 0) is 19.1 Å². The van der Waals surface area contributed by atoms with Crippen LogP contribution in [0.2, 0.25) is 0 Å². The third-order valence-corrected chi connectivity index (χ3v) is 5.56. The van der Waals surface area contributed by atoms with Crippen LogP contribution in [0.3, 0.4) is 0 Å². The smallest absolute Gasteiger partial charge is 0.312 e. The maximum Gasteiger partial charge on any atom is 0.312 e. The number of amides is 2. The lowest BCUT2D eigenvalue weighted by Crippen LogP contribution is -2.36. The van der Waals surface area contributed by atoms with E-state index in [-0.39, 0.29) is 24.3 Å². The molecule has 1 saturated carbocycles. The number of benzene rings is 1. The van der Waals surface area contributed by atoms with Crippen LogP contribution >= 0.6 is 0 Å². The third-order valence-electron chi connectivity index (χ3n) is 5.56. The predicted octanol–water partition coefficient (Wildman–Crippen LogP) is 2.96. The molecular weight excluding hydrogens is 344 g/mol. The lowest BCUT2D eigenvalue weighted by atomic mass is 10.1. The normalized spacial score (nSPS) is 21.4. The molecule has 0 spiro atoms. The van der Waals surface area contributed by atoms with E-state index in [1.54, 1.807) is 6.92 Å². The van der Waals surface area contributed by atoms with E-state index >= 15 is 0 Å². The molecule has 0 unspecified atom stereocenters. The summed E-state index contributed by atoms with van der Waals surface area (Å²) in [5.41, 5.74) is 2.77. The number of carbonyl (C=O) groups is 3. The van der Waals surface area contributed by atoms with Crippen LogP contribution in [0.15, 0.2) is 18.2 Å². The van der Waals surface area contributed by atoms with Crippen molar-refractivity contribution in [2.75, 3.05) is 11.9 Å². The molecule has 1 aromatic rings. The summed E-state index contributed by atoms with van der Waals surface area (Å²) in [5.74, 6) is -1.29. The van der Waals surface area contributed by atoms with Gasteiger partial charge in [0, 0.05) is 24.7 Å². The molecular formula is C21H28N2O4. The van der Waals surface area contributed by atoms with E-state index in [9.17, 15) is 14.4 Å². The fourth-order valence-electron chi connectivity index (χ4n) is 3.97. The maximum absolute atomic E-state index is 12.4. The van der Waals surface area contributed by atoms with Gasteiger partial charge in [0.05, 0.1) is 5.92 Å². The quantitative estimate of drug-likeness (QED) is 0.807. The van der Waals surface area contributed by atoms with Gasteiger partial charge in [-0.05, 0) is 45.2 Å². The summed E-state index contributed by atoms with van der Waals surface area (Å²) >= 11 is 0. The lowest BCUT2D eigenvalue weighted by molar-refractivity contribution is -0.157. The zero-order chi connectivity index (χ0) is 19.6. The molecule has 6 heteroatoms. The highest BCUT2D eigenvalue weighted by Crippen LogP contribution is 2.30. The molecule has 1 N–H and O–H groups in total. The first kappa shape index (κ1) is 19.4. The van der Waals surface area contributed by atoms with Crippen LogP contribution in [0.5, 0.6) is 0 Å². The molecule has 2 aliphatic rings. The number of likely N-dealkylation sites (tertiary alicyclic amines) is 1. The second-order valence-corrected chi connectivity index (χ2v) is 7.77. The molecule has 2 atom stereocenters. The van der Waals surface area contributed by atoms with Gasteiger partial charge in [-0.15, -0.1) is 0 Å². The summed E-state index contributed by atoms with van der Waals surface area (Å²) < 4.78 is 5.36. The highest BCUT2D eigenvalue weighted by atomic mass is 16.5. The third kappa shape index (κ3) is 4.49. The average Bonchev–Trinajstić information content (AvgIpc) is 3.26. The highest BCUT2D eigenvalue weighted by Gasteiger charge is 2.40. The van der Waals surface area contributed by atoms with Gasteiger partial charge in [-0.1, -0.05) is 30.5 Å². The Morgan fingerprint density at radius 2 is 1.93 bits per heavy atom. The first-order valence-electron chi connectivity index (χ1n) is 9.73. The van der Waals surface area contributed by atoms with Crippen molar-refractivity contribution < 1.29 is 19.1 Å². The molecule has 1 aliphatic heterocycles. The second kappa shape index (κ2) is 8.11. The van der Waals surface area contributed by atoms with Crippen molar-refractivity contribution in [1.29, 1.82) is 0 Å². The van der Waals surface area contributed by atoms with Crippen molar-refractivity contribution >= 4 is 23.5 Å². The number of carbonyl (C=O) groups excluding carboxylic acids is 3. The number of nitrogens with one attached hydrogen (secondary N) is 1. The number of rotatable bonds is 5. The Morgan fingerprint density at radius 1 is 1.22 bits per heavy atom. The van der Waals surface area contributed by atoms with E-state index in [4.69, 9.17) is 4.74 Å². The van der Waals surface area contributed by atoms with Gasteiger partial charge in [-0.25, -0.2) is 0 Å². The van der Waals surface area contributed by atoms with Gasteiger partial charge in [0.25, 0.3) is 5.91 Å². The fourth-order valence-corrected chi connectivity index (χ4v) is 3.97. The SMILES string of the molecule is Cc1ccc(NC(=O)[C@H](C)OC(=O)[C@H]2CC(=O)N(C3CCCC3)C2)c(C)c1. The zero-order valence-electron chi connectivity index (χ0n) is 16.3. The van der Waals surface area contributed by atoms with Crippen molar-refractivity contribution in [2.24, 2.45) is 5.92 Å². The number of hydrogen-bond acceptors (Lipinski definition) is 4. The summed E-state index contributed by atoms with van der Waals surface area (Å²) in [4.78, 5) is 38.9. The molecule has 1 heterocycles. The highest BCUT2D eigenvalue weighted by molar-refractivity contribution is 5.96. The van der Waals surface area contributed by atoms with Crippen LogP contribution in [0, 0.1) is 19.8 Å². The molecule has 2 amide bonds. The van der Waals surface area contributed by atoms with Gasteiger partial charge in [0.15, 0.2) is 6.10 Å². The van der Waals surface area contributed by atoms with Crippen molar-refractivity contribution in [3.63, 3.8) is 0 Å². The number of aryl methyl sites for hydroxylation is 2. The summed E-state index contributed by atoms with van der Waals surface area (Å²) in [7, 11) is 0. The van der Waals surface area contributed by atoms with Crippen LogP contribution in [0.1, 0.15) is 50.2 Å². The number of ether oxygens (including phenoxy) is 1. The monoisotopic (exact) mass is 372 g/mol. The molecule has 0 radical (unpaired) electrons. The summed E-state index contributed by atoms with van der Waals surface area (Å²) in [5, 5.41) is 2.80. The van der Waals surface area contributed by atoms with Crippen LogP contribution in [0.4, 0.5) is 5.69 Å². The number of hydrogen-bond donors (Lipinski definition) is 1. The van der Waals surface area contributed by atoms with Crippen molar-refractivity contribution in [2.45, 2.75) is 65.0 Å². The van der Waals surface area contributed by atoms with Crippen LogP contribution in [-0.4, -0.2) is 41.4 Å².